The van der Waals surface area contributed by atoms with Gasteiger partial charge in [-0.15, -0.1) is 0 Å². The zero-order valence-electron chi connectivity index (χ0n) is 16.0. The Hall–Kier alpha value is -3.46. The molecule has 1 aliphatic carbocycles. The second-order valence-corrected chi connectivity index (χ2v) is 7.16. The first-order chi connectivity index (χ1) is 14.1. The van der Waals surface area contributed by atoms with Crippen molar-refractivity contribution in [3.63, 3.8) is 0 Å². The monoisotopic (exact) mass is 392 g/mol. The van der Waals surface area contributed by atoms with Crippen LogP contribution >= 0.6 is 0 Å². The lowest BCUT2D eigenvalue weighted by molar-refractivity contribution is 0.100. The Labute approximate surface area is 168 Å². The smallest absolute Gasteiger partial charge is 0.254 e. The van der Waals surface area contributed by atoms with Crippen LogP contribution in [0.1, 0.15) is 36.0 Å². The number of hydrogen-bond donors (Lipinski definition) is 4. The molecule has 4 rings (SSSR count). The Balaban J connectivity index is 1.60. The van der Waals surface area contributed by atoms with Crippen molar-refractivity contribution in [2.24, 2.45) is 11.5 Å². The standard InChI is InChI=1S/C20H24N8O/c21-16-6-1-2-7-17(16)26-20-24-11-15(18(22)29)19(27-20)25-13-4-3-5-14(10-13)28-9-8-23-12-28/h3-5,8-12,16-17H,1-2,6-7,21H2,(H2,22,29)(H2,24,25,26,27)/t16-,17+/m0/s1. The van der Waals surface area contributed by atoms with E-state index in [2.05, 4.69) is 25.6 Å². The van der Waals surface area contributed by atoms with Gasteiger partial charge in [0.2, 0.25) is 5.95 Å². The molecule has 1 aromatic carbocycles. The summed E-state index contributed by atoms with van der Waals surface area (Å²) in [5.74, 6) is 0.173. The Morgan fingerprint density at radius 2 is 2.10 bits per heavy atom. The van der Waals surface area contributed by atoms with Crippen LogP contribution in [0.15, 0.2) is 49.2 Å². The molecule has 1 aliphatic rings. The molecule has 29 heavy (non-hydrogen) atoms. The SMILES string of the molecule is NC(=O)c1cnc(N[C@@H]2CCCC[C@@H]2N)nc1Nc1cccc(-n2ccnc2)c1. The molecule has 1 saturated carbocycles. The first-order valence-corrected chi connectivity index (χ1v) is 9.64. The van der Waals surface area contributed by atoms with Crippen molar-refractivity contribution < 1.29 is 4.79 Å². The van der Waals surface area contributed by atoms with Crippen LogP contribution in [0.4, 0.5) is 17.5 Å². The summed E-state index contributed by atoms with van der Waals surface area (Å²) in [6.45, 7) is 0. The number of benzene rings is 1. The van der Waals surface area contributed by atoms with E-state index in [0.29, 0.717) is 11.8 Å². The minimum atomic E-state index is -0.598. The molecular weight excluding hydrogens is 368 g/mol. The van der Waals surface area contributed by atoms with Gasteiger partial charge in [0.25, 0.3) is 5.91 Å². The molecule has 1 fully saturated rings. The fourth-order valence-electron chi connectivity index (χ4n) is 3.52. The maximum Gasteiger partial charge on any atom is 0.254 e. The molecule has 9 heteroatoms. The van der Waals surface area contributed by atoms with Crippen molar-refractivity contribution in [3.05, 3.63) is 54.7 Å². The number of amides is 1. The third-order valence-corrected chi connectivity index (χ3v) is 5.10. The third kappa shape index (κ3) is 4.35. The number of rotatable bonds is 6. The van der Waals surface area contributed by atoms with Crippen molar-refractivity contribution in [1.29, 1.82) is 0 Å². The highest BCUT2D eigenvalue weighted by Crippen LogP contribution is 2.24. The maximum atomic E-state index is 11.9. The van der Waals surface area contributed by atoms with E-state index in [9.17, 15) is 4.79 Å². The number of carbonyl (C=O) groups is 1. The largest absolute Gasteiger partial charge is 0.365 e. The van der Waals surface area contributed by atoms with Gasteiger partial charge in [-0.1, -0.05) is 18.9 Å². The Morgan fingerprint density at radius 1 is 1.24 bits per heavy atom. The van der Waals surface area contributed by atoms with Crippen LogP contribution in [0.5, 0.6) is 0 Å². The molecular formula is C20H24N8O. The molecule has 0 saturated heterocycles. The summed E-state index contributed by atoms with van der Waals surface area (Å²) in [6.07, 6.45) is 10.9. The van der Waals surface area contributed by atoms with Crippen LogP contribution in [0, 0.1) is 0 Å². The van der Waals surface area contributed by atoms with Gasteiger partial charge in [0.1, 0.15) is 11.4 Å². The molecule has 3 aromatic rings. The van der Waals surface area contributed by atoms with Crippen molar-refractivity contribution >= 4 is 23.4 Å². The van der Waals surface area contributed by atoms with Gasteiger partial charge in [0.15, 0.2) is 0 Å². The number of nitrogens with zero attached hydrogens (tertiary/aromatic N) is 4. The zero-order chi connectivity index (χ0) is 20.2. The van der Waals surface area contributed by atoms with Gasteiger partial charge in [0.05, 0.1) is 6.33 Å². The summed E-state index contributed by atoms with van der Waals surface area (Å²) in [5, 5.41) is 6.49. The predicted molar refractivity (Wildman–Crippen MR) is 111 cm³/mol. The van der Waals surface area contributed by atoms with E-state index >= 15 is 0 Å². The highest BCUT2D eigenvalue weighted by atomic mass is 16.1. The van der Waals surface area contributed by atoms with Gasteiger partial charge < -0.3 is 26.7 Å². The Morgan fingerprint density at radius 3 is 2.86 bits per heavy atom. The van der Waals surface area contributed by atoms with Crippen LogP contribution in [0.3, 0.4) is 0 Å². The number of carbonyl (C=O) groups excluding carboxylic acids is 1. The Bertz CT molecular complexity index is 988. The molecule has 150 valence electrons. The third-order valence-electron chi connectivity index (χ3n) is 5.10. The maximum absolute atomic E-state index is 11.9. The van der Waals surface area contributed by atoms with E-state index in [4.69, 9.17) is 11.5 Å². The van der Waals surface area contributed by atoms with Crippen LogP contribution in [-0.2, 0) is 0 Å². The van der Waals surface area contributed by atoms with Gasteiger partial charge in [0, 0.05) is 42.0 Å². The quantitative estimate of drug-likeness (QED) is 0.504. The molecule has 6 N–H and O–H groups in total. The Kier molecular flexibility index (Phi) is 5.39. The van der Waals surface area contributed by atoms with E-state index in [1.54, 1.807) is 12.5 Å². The number of primary amides is 1. The molecule has 9 nitrogen and oxygen atoms in total. The fourth-order valence-corrected chi connectivity index (χ4v) is 3.52. The first kappa shape index (κ1) is 18.9. The summed E-state index contributed by atoms with van der Waals surface area (Å²) < 4.78 is 1.89. The number of nitrogens with one attached hydrogen (secondary N) is 2. The normalized spacial score (nSPS) is 18.9. The summed E-state index contributed by atoms with van der Waals surface area (Å²) in [6, 6.07) is 7.85. The average molecular weight is 392 g/mol. The lowest BCUT2D eigenvalue weighted by Gasteiger charge is -2.29. The van der Waals surface area contributed by atoms with Crippen molar-refractivity contribution in [1.82, 2.24) is 19.5 Å². The fraction of sp³-hybridized carbons (Fsp3) is 0.300. The zero-order valence-corrected chi connectivity index (χ0v) is 16.0. The number of nitrogens with two attached hydrogens (primary N) is 2. The minimum absolute atomic E-state index is 0.0615. The number of aromatic nitrogens is 4. The topological polar surface area (TPSA) is 137 Å². The second-order valence-electron chi connectivity index (χ2n) is 7.16. The summed E-state index contributed by atoms with van der Waals surface area (Å²) in [5.41, 5.74) is 13.6. The summed E-state index contributed by atoms with van der Waals surface area (Å²) in [4.78, 5) is 24.7. The van der Waals surface area contributed by atoms with Crippen molar-refractivity contribution in [2.75, 3.05) is 10.6 Å². The molecule has 0 unspecified atom stereocenters. The molecule has 0 aliphatic heterocycles. The van der Waals surface area contributed by atoms with Crippen LogP contribution < -0.4 is 22.1 Å². The molecule has 1 amide bonds. The molecule has 0 spiro atoms. The molecule has 0 radical (unpaired) electrons. The molecule has 2 heterocycles. The predicted octanol–water partition coefficient (Wildman–Crippen LogP) is 2.19. The first-order valence-electron chi connectivity index (χ1n) is 9.64. The highest BCUT2D eigenvalue weighted by molar-refractivity contribution is 5.98. The number of imidazole rings is 1. The van der Waals surface area contributed by atoms with E-state index in [-0.39, 0.29) is 17.6 Å². The molecule has 0 bridgehead atoms. The van der Waals surface area contributed by atoms with Crippen LogP contribution in [-0.4, -0.2) is 37.5 Å². The molecule has 2 aromatic heterocycles. The van der Waals surface area contributed by atoms with Gasteiger partial charge in [-0.2, -0.15) is 4.98 Å². The summed E-state index contributed by atoms with van der Waals surface area (Å²) in [7, 11) is 0. The second kappa shape index (κ2) is 8.27. The van der Waals surface area contributed by atoms with Gasteiger partial charge in [-0.25, -0.2) is 9.97 Å². The van der Waals surface area contributed by atoms with E-state index in [0.717, 1.165) is 37.1 Å². The van der Waals surface area contributed by atoms with Crippen LogP contribution in [0.2, 0.25) is 0 Å². The lowest BCUT2D eigenvalue weighted by Crippen LogP contribution is -2.43. The highest BCUT2D eigenvalue weighted by Gasteiger charge is 2.23. The van der Waals surface area contributed by atoms with E-state index < -0.39 is 5.91 Å². The lowest BCUT2D eigenvalue weighted by atomic mass is 9.91. The summed E-state index contributed by atoms with van der Waals surface area (Å²) >= 11 is 0. The van der Waals surface area contributed by atoms with Crippen molar-refractivity contribution in [2.45, 2.75) is 37.8 Å². The number of anilines is 3. The molecule has 2 atom stereocenters. The van der Waals surface area contributed by atoms with E-state index in [1.165, 1.54) is 6.20 Å². The van der Waals surface area contributed by atoms with Gasteiger partial charge >= 0.3 is 0 Å². The van der Waals surface area contributed by atoms with E-state index in [1.807, 2.05) is 35.0 Å². The minimum Gasteiger partial charge on any atom is -0.365 e. The van der Waals surface area contributed by atoms with Gasteiger partial charge in [-0.05, 0) is 31.0 Å². The average Bonchev–Trinajstić information content (AvgIpc) is 3.25. The van der Waals surface area contributed by atoms with Crippen molar-refractivity contribution in [3.8, 4) is 5.69 Å². The van der Waals surface area contributed by atoms with Crippen LogP contribution in [0.25, 0.3) is 5.69 Å². The van der Waals surface area contributed by atoms with Gasteiger partial charge in [-0.3, -0.25) is 4.79 Å². The number of hydrogen-bond acceptors (Lipinski definition) is 7.